The molecule has 0 aliphatic heterocycles. The number of benzene rings is 2. The molecule has 0 fully saturated rings. The van der Waals surface area contributed by atoms with E-state index in [1.165, 1.54) is 19.2 Å². The van der Waals surface area contributed by atoms with Crippen molar-refractivity contribution in [3.05, 3.63) is 55.8 Å². The van der Waals surface area contributed by atoms with Gasteiger partial charge in [-0.3, -0.25) is 4.57 Å². The number of nitrogens with zero attached hydrogens (tertiary/aromatic N) is 1. The number of methoxy groups -OCH3 is 1. The first-order chi connectivity index (χ1) is 10.4. The largest absolute Gasteiger partial charge is 0.494 e. The van der Waals surface area contributed by atoms with Crippen LogP contribution < -0.4 is 10.4 Å². The van der Waals surface area contributed by atoms with Gasteiger partial charge in [-0.2, -0.15) is 0 Å². The predicted molar refractivity (Wildman–Crippen MR) is 83.0 cm³/mol. The van der Waals surface area contributed by atoms with Gasteiger partial charge in [0.2, 0.25) is 0 Å². The lowest BCUT2D eigenvalue weighted by molar-refractivity contribution is 0.412. The van der Waals surface area contributed by atoms with Crippen molar-refractivity contribution >= 4 is 33.6 Å². The van der Waals surface area contributed by atoms with E-state index in [9.17, 15) is 18.0 Å². The number of ether oxygens (including phenoxy) is 1. The molecular weight excluding hydrogens is 412 g/mol. The molecule has 1 heterocycles. The Morgan fingerprint density at radius 3 is 2.59 bits per heavy atom. The number of imidazole rings is 1. The first-order valence-corrected chi connectivity index (χ1v) is 7.14. The van der Waals surface area contributed by atoms with Crippen LogP contribution in [0.15, 0.2) is 29.1 Å². The normalized spacial score (nSPS) is 11.1. The molecule has 3 aromatic rings. The summed E-state index contributed by atoms with van der Waals surface area (Å²) in [6.45, 7) is 0. The van der Waals surface area contributed by atoms with Crippen molar-refractivity contribution < 1.29 is 17.9 Å². The van der Waals surface area contributed by atoms with Gasteiger partial charge in [0.25, 0.3) is 0 Å². The number of fused-ring (bicyclic) bond motifs is 1. The quantitative estimate of drug-likeness (QED) is 0.647. The molecular formula is C14H8F3IN2O2. The van der Waals surface area contributed by atoms with E-state index in [4.69, 9.17) is 4.74 Å². The Morgan fingerprint density at radius 2 is 1.95 bits per heavy atom. The molecule has 3 rings (SSSR count). The Bertz CT molecular complexity index is 949. The molecule has 4 nitrogen and oxygen atoms in total. The number of hydrogen-bond acceptors (Lipinski definition) is 2. The zero-order valence-corrected chi connectivity index (χ0v) is 13.2. The van der Waals surface area contributed by atoms with E-state index >= 15 is 0 Å². The number of hydrogen-bond donors (Lipinski definition) is 1. The highest BCUT2D eigenvalue weighted by Crippen LogP contribution is 2.30. The third-order valence-corrected chi connectivity index (χ3v) is 4.05. The molecule has 1 N–H and O–H groups in total. The van der Waals surface area contributed by atoms with E-state index < -0.39 is 23.1 Å². The van der Waals surface area contributed by atoms with Crippen LogP contribution >= 0.6 is 22.6 Å². The van der Waals surface area contributed by atoms with Crippen LogP contribution in [0.25, 0.3) is 16.7 Å². The van der Waals surface area contributed by atoms with Gasteiger partial charge in [0.1, 0.15) is 22.6 Å². The molecule has 0 unspecified atom stereocenters. The average molecular weight is 420 g/mol. The minimum atomic E-state index is -1.19. The molecule has 0 amide bonds. The zero-order chi connectivity index (χ0) is 16.0. The monoisotopic (exact) mass is 420 g/mol. The molecule has 0 saturated carbocycles. The van der Waals surface area contributed by atoms with Crippen LogP contribution in [-0.2, 0) is 0 Å². The van der Waals surface area contributed by atoms with E-state index in [1.54, 1.807) is 0 Å². The third-order valence-electron chi connectivity index (χ3n) is 3.19. The van der Waals surface area contributed by atoms with E-state index in [0.29, 0.717) is 3.57 Å². The van der Waals surface area contributed by atoms with E-state index in [2.05, 4.69) is 4.98 Å². The van der Waals surface area contributed by atoms with Crippen molar-refractivity contribution in [2.75, 3.05) is 7.11 Å². The van der Waals surface area contributed by atoms with Crippen molar-refractivity contribution in [3.8, 4) is 11.4 Å². The maximum Gasteiger partial charge on any atom is 0.331 e. The molecule has 0 atom stereocenters. The van der Waals surface area contributed by atoms with Crippen molar-refractivity contribution in [1.29, 1.82) is 0 Å². The summed E-state index contributed by atoms with van der Waals surface area (Å²) < 4.78 is 47.4. The second-order valence-electron chi connectivity index (χ2n) is 4.46. The second kappa shape index (κ2) is 5.34. The fourth-order valence-electron chi connectivity index (χ4n) is 2.24. The molecule has 22 heavy (non-hydrogen) atoms. The minimum absolute atomic E-state index is 0.00173. The summed E-state index contributed by atoms with van der Waals surface area (Å²) in [6.07, 6.45) is 0. The lowest BCUT2D eigenvalue weighted by Crippen LogP contribution is -2.16. The molecule has 0 saturated heterocycles. The van der Waals surface area contributed by atoms with Crippen LogP contribution in [0.3, 0.4) is 0 Å². The number of aromatic amines is 1. The number of H-pyrrole nitrogens is 1. The van der Waals surface area contributed by atoms with Crippen molar-refractivity contribution in [2.45, 2.75) is 0 Å². The van der Waals surface area contributed by atoms with Crippen LogP contribution in [0.2, 0.25) is 0 Å². The second-order valence-corrected chi connectivity index (χ2v) is 5.62. The SMILES string of the molecule is COc1cc(F)c(F)c2c1[nH]c(=O)n2-c1ccc(F)cc1I. The van der Waals surface area contributed by atoms with Gasteiger partial charge in [0, 0.05) is 9.64 Å². The Labute approximate surface area is 135 Å². The van der Waals surface area contributed by atoms with Gasteiger partial charge in [-0.25, -0.2) is 18.0 Å². The number of aromatic nitrogens is 2. The number of rotatable bonds is 2. The van der Waals surface area contributed by atoms with Gasteiger partial charge < -0.3 is 9.72 Å². The predicted octanol–water partition coefficient (Wildman–Crippen LogP) is 3.35. The fourth-order valence-corrected chi connectivity index (χ4v) is 2.96. The van der Waals surface area contributed by atoms with E-state index in [1.807, 2.05) is 22.6 Å². The van der Waals surface area contributed by atoms with Crippen molar-refractivity contribution in [2.24, 2.45) is 0 Å². The van der Waals surface area contributed by atoms with Gasteiger partial charge in [-0.1, -0.05) is 0 Å². The van der Waals surface area contributed by atoms with Crippen LogP contribution in [0.5, 0.6) is 5.75 Å². The minimum Gasteiger partial charge on any atom is -0.494 e. The molecule has 0 radical (unpaired) electrons. The molecule has 2 aromatic carbocycles. The summed E-state index contributed by atoms with van der Waals surface area (Å²) in [6, 6.07) is 4.50. The lowest BCUT2D eigenvalue weighted by atomic mass is 10.2. The van der Waals surface area contributed by atoms with Crippen LogP contribution in [-0.4, -0.2) is 16.7 Å². The molecule has 0 spiro atoms. The van der Waals surface area contributed by atoms with Crippen LogP contribution in [0, 0.1) is 21.0 Å². The zero-order valence-electron chi connectivity index (χ0n) is 11.1. The summed E-state index contributed by atoms with van der Waals surface area (Å²) in [5, 5.41) is 0. The Morgan fingerprint density at radius 1 is 1.23 bits per heavy atom. The molecule has 8 heteroatoms. The van der Waals surface area contributed by atoms with Gasteiger partial charge in [-0.05, 0) is 40.8 Å². The maximum absolute atomic E-state index is 14.2. The van der Waals surface area contributed by atoms with Crippen molar-refractivity contribution in [3.63, 3.8) is 0 Å². The van der Waals surface area contributed by atoms with E-state index in [-0.39, 0.29) is 22.5 Å². The van der Waals surface area contributed by atoms with Crippen molar-refractivity contribution in [1.82, 2.24) is 9.55 Å². The smallest absolute Gasteiger partial charge is 0.331 e. The van der Waals surface area contributed by atoms with Crippen LogP contribution in [0.1, 0.15) is 0 Å². The number of nitrogens with one attached hydrogen (secondary N) is 1. The molecule has 0 aliphatic rings. The summed E-state index contributed by atoms with van der Waals surface area (Å²) in [5.41, 5.74) is -0.690. The summed E-state index contributed by atoms with van der Waals surface area (Å²) in [4.78, 5) is 14.6. The van der Waals surface area contributed by atoms with Crippen LogP contribution in [0.4, 0.5) is 13.2 Å². The molecule has 0 bridgehead atoms. The Kier molecular flexibility index (Phi) is 3.63. The van der Waals surface area contributed by atoms with Gasteiger partial charge in [-0.15, -0.1) is 0 Å². The summed E-state index contributed by atoms with van der Waals surface area (Å²) in [5.74, 6) is -2.82. The highest BCUT2D eigenvalue weighted by atomic mass is 127. The first kappa shape index (κ1) is 14.9. The lowest BCUT2D eigenvalue weighted by Gasteiger charge is -2.08. The number of halogens is 4. The Balaban J connectivity index is 2.47. The molecule has 1 aromatic heterocycles. The Hall–Kier alpha value is -1.97. The highest BCUT2D eigenvalue weighted by molar-refractivity contribution is 14.1. The average Bonchev–Trinajstić information content (AvgIpc) is 2.80. The standard InChI is InChI=1S/C14H8F3IN2O2/c1-22-10-5-7(16)11(17)13-12(10)19-14(21)20(13)9-3-2-6(15)4-8(9)18/h2-5H,1H3,(H,19,21). The van der Waals surface area contributed by atoms with Gasteiger partial charge in [0.15, 0.2) is 11.6 Å². The summed E-state index contributed by atoms with van der Waals surface area (Å²) in [7, 11) is 1.28. The first-order valence-electron chi connectivity index (χ1n) is 6.06. The molecule has 114 valence electrons. The third kappa shape index (κ3) is 2.18. The highest BCUT2D eigenvalue weighted by Gasteiger charge is 2.21. The topological polar surface area (TPSA) is 47.0 Å². The van der Waals surface area contributed by atoms with E-state index in [0.717, 1.165) is 16.7 Å². The van der Waals surface area contributed by atoms with Gasteiger partial charge >= 0.3 is 5.69 Å². The fraction of sp³-hybridized carbons (Fsp3) is 0.0714. The summed E-state index contributed by atoms with van der Waals surface area (Å²) >= 11 is 1.81. The molecule has 0 aliphatic carbocycles. The maximum atomic E-state index is 14.2. The van der Waals surface area contributed by atoms with Gasteiger partial charge in [0.05, 0.1) is 12.8 Å².